The quantitative estimate of drug-likeness (QED) is 0.847. The minimum Gasteiger partial charge on any atom is -0.490 e. The summed E-state index contributed by atoms with van der Waals surface area (Å²) in [6, 6.07) is 5.68. The van der Waals surface area contributed by atoms with Crippen molar-refractivity contribution in [2.75, 3.05) is 26.3 Å². The van der Waals surface area contributed by atoms with Crippen molar-refractivity contribution in [3.05, 3.63) is 29.8 Å². The van der Waals surface area contributed by atoms with Crippen LogP contribution in [0.5, 0.6) is 11.5 Å². The summed E-state index contributed by atoms with van der Waals surface area (Å²) in [6.07, 6.45) is 6.32. The minimum absolute atomic E-state index is 0.00960. The van der Waals surface area contributed by atoms with E-state index in [9.17, 15) is 9.59 Å². The molecule has 2 amide bonds. The first-order valence-electron chi connectivity index (χ1n) is 8.77. The first-order chi connectivity index (χ1) is 12.1. The predicted octanol–water partition coefficient (Wildman–Crippen LogP) is 1.98. The molecule has 2 aliphatic rings. The van der Waals surface area contributed by atoms with Gasteiger partial charge in [0.1, 0.15) is 0 Å². The zero-order valence-electron chi connectivity index (χ0n) is 14.3. The largest absolute Gasteiger partial charge is 0.490 e. The van der Waals surface area contributed by atoms with Crippen LogP contribution in [0, 0.1) is 5.92 Å². The maximum absolute atomic E-state index is 12.3. The zero-order valence-corrected chi connectivity index (χ0v) is 14.3. The Labute approximate surface area is 147 Å². The Balaban J connectivity index is 1.56. The van der Waals surface area contributed by atoms with Gasteiger partial charge in [-0.2, -0.15) is 0 Å². The Bertz CT molecular complexity index is 663. The summed E-state index contributed by atoms with van der Waals surface area (Å²) in [5.74, 6) is 1.49. The molecule has 0 bridgehead atoms. The van der Waals surface area contributed by atoms with Gasteiger partial charge in [-0.3, -0.25) is 9.59 Å². The third-order valence-corrected chi connectivity index (χ3v) is 4.61. The number of carbonyl (C=O) groups is 2. The fraction of sp³-hybridized carbons (Fsp3) is 0.474. The van der Waals surface area contributed by atoms with Crippen molar-refractivity contribution < 1.29 is 19.1 Å². The van der Waals surface area contributed by atoms with Crippen molar-refractivity contribution in [2.45, 2.75) is 25.7 Å². The lowest BCUT2D eigenvalue weighted by Crippen LogP contribution is -2.38. The summed E-state index contributed by atoms with van der Waals surface area (Å²) in [6.45, 7) is 2.64. The normalized spacial score (nSPS) is 18.2. The second kappa shape index (κ2) is 8.05. The van der Waals surface area contributed by atoms with Gasteiger partial charge in [0.2, 0.25) is 11.8 Å². The number of hydrogen-bond donors (Lipinski definition) is 1. The van der Waals surface area contributed by atoms with Crippen LogP contribution >= 0.6 is 0 Å². The van der Waals surface area contributed by atoms with Gasteiger partial charge in [0.25, 0.3) is 0 Å². The van der Waals surface area contributed by atoms with Crippen molar-refractivity contribution in [3.8, 4) is 11.5 Å². The summed E-state index contributed by atoms with van der Waals surface area (Å²) < 4.78 is 11.3. The van der Waals surface area contributed by atoms with Crippen molar-refractivity contribution >= 4 is 17.9 Å². The Morgan fingerprint density at radius 3 is 2.60 bits per heavy atom. The lowest BCUT2D eigenvalue weighted by Gasteiger charge is -2.30. The number of piperidine rings is 1. The number of benzene rings is 1. The second-order valence-electron chi connectivity index (χ2n) is 6.53. The topological polar surface area (TPSA) is 81.9 Å². The van der Waals surface area contributed by atoms with Crippen LogP contribution in [0.2, 0.25) is 0 Å². The molecule has 25 heavy (non-hydrogen) atoms. The fourth-order valence-corrected chi connectivity index (χ4v) is 3.20. The first kappa shape index (κ1) is 17.3. The van der Waals surface area contributed by atoms with E-state index in [1.54, 1.807) is 12.2 Å². The lowest BCUT2D eigenvalue weighted by molar-refractivity contribution is -0.127. The van der Waals surface area contributed by atoms with Crippen molar-refractivity contribution in [1.82, 2.24) is 4.90 Å². The van der Waals surface area contributed by atoms with E-state index in [1.807, 2.05) is 23.1 Å². The van der Waals surface area contributed by atoms with E-state index in [-0.39, 0.29) is 11.8 Å². The molecular formula is C19H24N2O4. The van der Waals surface area contributed by atoms with Gasteiger partial charge < -0.3 is 20.1 Å². The molecule has 3 rings (SSSR count). The Hall–Kier alpha value is -2.50. The van der Waals surface area contributed by atoms with Crippen LogP contribution in [0.4, 0.5) is 0 Å². The van der Waals surface area contributed by atoms with Gasteiger partial charge in [0, 0.05) is 32.0 Å². The lowest BCUT2D eigenvalue weighted by atomic mass is 9.93. The molecule has 0 aliphatic carbocycles. The number of rotatable bonds is 4. The van der Waals surface area contributed by atoms with E-state index >= 15 is 0 Å². The molecule has 1 aromatic rings. The van der Waals surface area contributed by atoms with Gasteiger partial charge in [-0.25, -0.2) is 0 Å². The highest BCUT2D eigenvalue weighted by Gasteiger charge is 2.22. The molecular weight excluding hydrogens is 320 g/mol. The van der Waals surface area contributed by atoms with Gasteiger partial charge in [0.15, 0.2) is 11.5 Å². The highest BCUT2D eigenvalue weighted by atomic mass is 16.5. The van der Waals surface area contributed by atoms with Crippen LogP contribution in [0.3, 0.4) is 0 Å². The summed E-state index contributed by atoms with van der Waals surface area (Å²) in [5, 5.41) is 0. The van der Waals surface area contributed by atoms with Crippen LogP contribution in [0.25, 0.3) is 6.08 Å². The highest BCUT2D eigenvalue weighted by molar-refractivity contribution is 5.92. The molecule has 0 saturated carbocycles. The first-order valence-corrected chi connectivity index (χ1v) is 8.77. The van der Waals surface area contributed by atoms with Crippen LogP contribution in [-0.2, 0) is 9.59 Å². The Kier molecular flexibility index (Phi) is 5.58. The number of fused-ring (bicyclic) bond motifs is 1. The molecule has 6 nitrogen and oxygen atoms in total. The van der Waals surface area contributed by atoms with Gasteiger partial charge in [-0.15, -0.1) is 0 Å². The summed E-state index contributed by atoms with van der Waals surface area (Å²) >= 11 is 0. The summed E-state index contributed by atoms with van der Waals surface area (Å²) in [4.78, 5) is 25.1. The number of hydrogen-bond acceptors (Lipinski definition) is 4. The second-order valence-corrected chi connectivity index (χ2v) is 6.53. The van der Waals surface area contributed by atoms with E-state index in [0.29, 0.717) is 38.6 Å². The number of nitrogens with zero attached hydrogens (tertiary/aromatic N) is 1. The van der Waals surface area contributed by atoms with E-state index in [1.165, 1.54) is 0 Å². The smallest absolute Gasteiger partial charge is 0.246 e. The SMILES string of the molecule is NC(=O)CC1CCN(C(=O)/C=C\c2ccc3c(c2)OCCCO3)CC1. The van der Waals surface area contributed by atoms with Crippen LogP contribution in [0.1, 0.15) is 31.2 Å². The summed E-state index contributed by atoms with van der Waals surface area (Å²) in [7, 11) is 0. The Morgan fingerprint density at radius 1 is 1.16 bits per heavy atom. The molecule has 6 heteroatoms. The molecule has 2 N–H and O–H groups in total. The number of primary amides is 1. The monoisotopic (exact) mass is 344 g/mol. The van der Waals surface area contributed by atoms with Crippen molar-refractivity contribution in [1.29, 1.82) is 0 Å². The van der Waals surface area contributed by atoms with Crippen LogP contribution < -0.4 is 15.2 Å². The van der Waals surface area contributed by atoms with Gasteiger partial charge in [-0.05, 0) is 42.5 Å². The molecule has 0 atom stereocenters. The third kappa shape index (κ3) is 4.75. The molecule has 2 aliphatic heterocycles. The molecule has 1 saturated heterocycles. The predicted molar refractivity (Wildman–Crippen MR) is 94.2 cm³/mol. The van der Waals surface area contributed by atoms with E-state index in [0.717, 1.165) is 36.3 Å². The average Bonchev–Trinajstić information content (AvgIpc) is 2.84. The van der Waals surface area contributed by atoms with Crippen LogP contribution in [-0.4, -0.2) is 43.0 Å². The van der Waals surface area contributed by atoms with Gasteiger partial charge >= 0.3 is 0 Å². The average molecular weight is 344 g/mol. The molecule has 0 aromatic heterocycles. The number of ether oxygens (including phenoxy) is 2. The van der Waals surface area contributed by atoms with Gasteiger partial charge in [-0.1, -0.05) is 6.07 Å². The number of nitrogens with two attached hydrogens (primary N) is 1. The van der Waals surface area contributed by atoms with E-state index in [2.05, 4.69) is 0 Å². The van der Waals surface area contributed by atoms with E-state index < -0.39 is 0 Å². The third-order valence-electron chi connectivity index (χ3n) is 4.61. The molecule has 0 spiro atoms. The number of carbonyl (C=O) groups excluding carboxylic acids is 2. The highest BCUT2D eigenvalue weighted by Crippen LogP contribution is 2.30. The standard InChI is InChI=1S/C19H24N2O4/c20-18(22)13-15-6-8-21(9-7-15)19(23)5-3-14-2-4-16-17(12-14)25-11-1-10-24-16/h2-5,12,15H,1,6-11,13H2,(H2,20,22)/b5-3-. The van der Waals surface area contributed by atoms with Crippen LogP contribution in [0.15, 0.2) is 24.3 Å². The minimum atomic E-state index is -0.265. The van der Waals surface area contributed by atoms with Crippen molar-refractivity contribution in [2.24, 2.45) is 11.7 Å². The molecule has 1 fully saturated rings. The zero-order chi connectivity index (χ0) is 17.6. The van der Waals surface area contributed by atoms with E-state index in [4.69, 9.17) is 15.2 Å². The number of likely N-dealkylation sites (tertiary alicyclic amines) is 1. The maximum Gasteiger partial charge on any atom is 0.246 e. The molecule has 0 unspecified atom stereocenters. The molecule has 134 valence electrons. The summed E-state index contributed by atoms with van der Waals surface area (Å²) in [5.41, 5.74) is 6.14. The number of amides is 2. The molecule has 0 radical (unpaired) electrons. The maximum atomic E-state index is 12.3. The Morgan fingerprint density at radius 2 is 1.88 bits per heavy atom. The van der Waals surface area contributed by atoms with Gasteiger partial charge in [0.05, 0.1) is 13.2 Å². The fourth-order valence-electron chi connectivity index (χ4n) is 3.20. The molecule has 1 aromatic carbocycles. The molecule has 2 heterocycles. The van der Waals surface area contributed by atoms with Crippen molar-refractivity contribution in [3.63, 3.8) is 0 Å².